The summed E-state index contributed by atoms with van der Waals surface area (Å²) in [6, 6.07) is 11.6. The van der Waals surface area contributed by atoms with Gasteiger partial charge in [0.25, 0.3) is 5.16 Å². The average Bonchev–Trinajstić information content (AvgIpc) is 3.32. The van der Waals surface area contributed by atoms with Gasteiger partial charge in [0.05, 0.1) is 18.6 Å². The van der Waals surface area contributed by atoms with Gasteiger partial charge in [-0.05, 0) is 47.1 Å². The van der Waals surface area contributed by atoms with E-state index in [0.29, 0.717) is 12.1 Å². The molecule has 0 saturated carbocycles. The molecule has 0 spiro atoms. The Bertz CT molecular complexity index is 982. The zero-order chi connectivity index (χ0) is 23.6. The lowest BCUT2D eigenvalue weighted by Gasteiger charge is -2.31. The van der Waals surface area contributed by atoms with E-state index < -0.39 is 30.2 Å². The van der Waals surface area contributed by atoms with Gasteiger partial charge in [-0.25, -0.2) is 13.2 Å². The first-order valence-electron chi connectivity index (χ1n) is 10.8. The van der Waals surface area contributed by atoms with Crippen molar-refractivity contribution >= 4 is 24.1 Å². The Hall–Kier alpha value is -2.37. The zero-order valence-electron chi connectivity index (χ0n) is 19.1. The molecule has 1 aromatic carbocycles. The van der Waals surface area contributed by atoms with Crippen LogP contribution in [0, 0.1) is 0 Å². The number of hydrogen-bond acceptors (Lipinski definition) is 8. The van der Waals surface area contributed by atoms with Gasteiger partial charge in [0.1, 0.15) is 6.10 Å². The van der Waals surface area contributed by atoms with Gasteiger partial charge in [0, 0.05) is 6.42 Å². The van der Waals surface area contributed by atoms with Crippen LogP contribution in [0.3, 0.4) is 0 Å². The molecule has 176 valence electrons. The summed E-state index contributed by atoms with van der Waals surface area (Å²) >= 11 is 0. The van der Waals surface area contributed by atoms with Crippen molar-refractivity contribution in [3.8, 4) is 5.69 Å². The number of allylic oxidation sites excluding steroid dienone is 1. The van der Waals surface area contributed by atoms with Crippen molar-refractivity contribution in [1.82, 2.24) is 20.2 Å². The van der Waals surface area contributed by atoms with Crippen LogP contribution < -0.4 is 0 Å². The summed E-state index contributed by atoms with van der Waals surface area (Å²) < 4.78 is 37.9. The summed E-state index contributed by atoms with van der Waals surface area (Å²) in [5.41, 5.74) is 0.570. The summed E-state index contributed by atoms with van der Waals surface area (Å²) in [6.07, 6.45) is 3.43. The predicted octanol–water partition coefficient (Wildman–Crippen LogP) is 3.34. The lowest BCUT2D eigenvalue weighted by molar-refractivity contribution is -0.149. The van der Waals surface area contributed by atoms with Gasteiger partial charge in [-0.2, -0.15) is 4.68 Å². The summed E-state index contributed by atoms with van der Waals surface area (Å²) in [5, 5.41) is 10.8. The van der Waals surface area contributed by atoms with Crippen LogP contribution in [0.25, 0.3) is 5.69 Å². The minimum atomic E-state index is -3.70. The van der Waals surface area contributed by atoms with E-state index in [4.69, 9.17) is 9.16 Å². The highest BCUT2D eigenvalue weighted by molar-refractivity contribution is 7.91. The number of para-hydroxylation sites is 1. The van der Waals surface area contributed by atoms with E-state index >= 15 is 0 Å². The smallest absolute Gasteiger partial charge is 0.334 e. The second kappa shape index (κ2) is 12.0. The molecule has 32 heavy (non-hydrogen) atoms. The van der Waals surface area contributed by atoms with Crippen molar-refractivity contribution < 1.29 is 22.4 Å². The van der Waals surface area contributed by atoms with Crippen LogP contribution in [0.5, 0.6) is 0 Å². The highest BCUT2D eigenvalue weighted by atomic mass is 32.2. The fourth-order valence-electron chi connectivity index (χ4n) is 3.38. The number of ether oxygens (including phenoxy) is 1. The van der Waals surface area contributed by atoms with Crippen molar-refractivity contribution in [2.75, 3.05) is 12.9 Å². The summed E-state index contributed by atoms with van der Waals surface area (Å²) in [6.45, 7) is 6.28. The van der Waals surface area contributed by atoms with E-state index in [9.17, 15) is 13.2 Å². The number of esters is 1. The molecule has 1 atom stereocenters. The van der Waals surface area contributed by atoms with Crippen molar-refractivity contribution in [3.05, 3.63) is 42.5 Å². The summed E-state index contributed by atoms with van der Waals surface area (Å²) in [4.78, 5) is 12.2. The van der Waals surface area contributed by atoms with Gasteiger partial charge < -0.3 is 9.16 Å². The lowest BCUT2D eigenvalue weighted by atomic mass is 10.2. The fourth-order valence-corrected chi connectivity index (χ4v) is 7.37. The third-order valence-electron chi connectivity index (χ3n) is 5.58. The van der Waals surface area contributed by atoms with Crippen LogP contribution in [-0.4, -0.2) is 61.9 Å². The molecule has 0 N–H and O–H groups in total. The zero-order valence-corrected chi connectivity index (χ0v) is 20.9. The van der Waals surface area contributed by atoms with Crippen LogP contribution in [0.2, 0.25) is 18.1 Å². The second-order valence-electron chi connectivity index (χ2n) is 7.40. The van der Waals surface area contributed by atoms with Crippen molar-refractivity contribution in [3.63, 3.8) is 0 Å². The largest absolute Gasteiger partial charge is 0.467 e. The van der Waals surface area contributed by atoms with Crippen LogP contribution in [-0.2, 0) is 23.8 Å². The molecule has 0 unspecified atom stereocenters. The normalized spacial score (nSPS) is 13.4. The third kappa shape index (κ3) is 6.56. The molecule has 0 radical (unpaired) electrons. The van der Waals surface area contributed by atoms with Gasteiger partial charge in [-0.1, -0.05) is 56.2 Å². The number of carbonyl (C=O) groups excluding carboxylic acids is 1. The first kappa shape index (κ1) is 25.9. The highest BCUT2D eigenvalue weighted by Gasteiger charge is 2.34. The Morgan fingerprint density at radius 3 is 2.38 bits per heavy atom. The SMILES string of the molecule is CC[Si](CC)(CC)O[C@H](C/C=C\CCS(=O)(=O)c1nnnn1-c1ccccc1)C(=O)OC. The lowest BCUT2D eigenvalue weighted by Crippen LogP contribution is -2.43. The highest BCUT2D eigenvalue weighted by Crippen LogP contribution is 2.25. The number of hydrogen-bond donors (Lipinski definition) is 0. The van der Waals surface area contributed by atoms with Crippen molar-refractivity contribution in [2.45, 2.75) is 63.0 Å². The molecular weight excluding hydrogens is 448 g/mol. The number of benzene rings is 1. The van der Waals surface area contributed by atoms with Crippen molar-refractivity contribution in [2.24, 2.45) is 0 Å². The molecule has 11 heteroatoms. The van der Waals surface area contributed by atoms with Gasteiger partial charge in [0.15, 0.2) is 8.32 Å². The maximum atomic E-state index is 12.8. The van der Waals surface area contributed by atoms with Crippen LogP contribution in [0.15, 0.2) is 47.6 Å². The number of aromatic nitrogens is 4. The number of tetrazole rings is 1. The van der Waals surface area contributed by atoms with Crippen LogP contribution >= 0.6 is 0 Å². The van der Waals surface area contributed by atoms with E-state index in [1.54, 1.807) is 36.4 Å². The van der Waals surface area contributed by atoms with Gasteiger partial charge in [-0.3, -0.25) is 0 Å². The molecule has 2 aromatic rings. The maximum absolute atomic E-state index is 12.8. The molecule has 0 bridgehead atoms. The molecule has 0 aliphatic carbocycles. The van der Waals surface area contributed by atoms with Crippen LogP contribution in [0.4, 0.5) is 0 Å². The van der Waals surface area contributed by atoms with Crippen LogP contribution in [0.1, 0.15) is 33.6 Å². The Balaban J connectivity index is 2.02. The standard InChI is InChI=1S/C21H32N4O5SSi/c1-5-32(6-2,7-3)30-19(20(26)29-4)16-12-9-13-17-31(27,28)21-22-23-24-25(21)18-14-10-8-11-15-18/h8-12,14-15,19H,5-7,13,16-17H2,1-4H3/b12-9-/t19-/m1/s1. The minimum absolute atomic E-state index is 0.155. The van der Waals surface area contributed by atoms with Gasteiger partial charge >= 0.3 is 5.97 Å². The van der Waals surface area contributed by atoms with E-state index in [1.807, 2.05) is 6.07 Å². The van der Waals surface area contributed by atoms with Gasteiger partial charge in [-0.15, -0.1) is 0 Å². The Morgan fingerprint density at radius 1 is 1.12 bits per heavy atom. The van der Waals surface area contributed by atoms with Gasteiger partial charge in [0.2, 0.25) is 9.84 Å². The molecule has 0 saturated heterocycles. The molecule has 0 amide bonds. The maximum Gasteiger partial charge on any atom is 0.334 e. The van der Waals surface area contributed by atoms with Crippen molar-refractivity contribution in [1.29, 1.82) is 0 Å². The van der Waals surface area contributed by atoms with E-state index in [2.05, 4.69) is 36.3 Å². The summed E-state index contributed by atoms with van der Waals surface area (Å²) in [5.74, 6) is -0.561. The minimum Gasteiger partial charge on any atom is -0.467 e. The number of sulfone groups is 1. The number of methoxy groups -OCH3 is 1. The predicted molar refractivity (Wildman–Crippen MR) is 124 cm³/mol. The molecule has 1 heterocycles. The quantitative estimate of drug-likeness (QED) is 0.244. The number of carbonyl (C=O) groups is 1. The Labute approximate surface area is 190 Å². The first-order valence-corrected chi connectivity index (χ1v) is 15.0. The number of nitrogens with zero attached hydrogens (tertiary/aromatic N) is 4. The Morgan fingerprint density at radius 2 is 1.78 bits per heavy atom. The molecule has 1 aromatic heterocycles. The van der Waals surface area contributed by atoms with E-state index in [-0.39, 0.29) is 17.3 Å². The fraction of sp³-hybridized carbons (Fsp3) is 0.524. The Kier molecular flexibility index (Phi) is 9.73. The summed E-state index contributed by atoms with van der Waals surface area (Å²) in [7, 11) is -4.34. The average molecular weight is 481 g/mol. The molecule has 0 fully saturated rings. The topological polar surface area (TPSA) is 113 Å². The molecule has 2 rings (SSSR count). The van der Waals surface area contributed by atoms with E-state index in [0.717, 1.165) is 18.1 Å². The molecule has 0 aliphatic rings. The third-order valence-corrected chi connectivity index (χ3v) is 11.8. The molecule has 9 nitrogen and oxygen atoms in total. The number of rotatable bonds is 13. The first-order chi connectivity index (χ1) is 15.3. The van der Waals surface area contributed by atoms with E-state index in [1.165, 1.54) is 11.8 Å². The molecular formula is C21H32N4O5SSi. The second-order valence-corrected chi connectivity index (χ2v) is 14.1. The molecule has 0 aliphatic heterocycles. The monoisotopic (exact) mass is 480 g/mol.